The summed E-state index contributed by atoms with van der Waals surface area (Å²) in [6.45, 7) is 7.80. The van der Waals surface area contributed by atoms with Crippen LogP contribution >= 0.6 is 11.9 Å². The highest BCUT2D eigenvalue weighted by Gasteiger charge is 1.95. The number of hydrogen-bond acceptors (Lipinski definition) is 2. The van der Waals surface area contributed by atoms with Gasteiger partial charge < -0.3 is 4.72 Å². The van der Waals surface area contributed by atoms with Gasteiger partial charge in [-0.15, -0.1) is 0 Å². The van der Waals surface area contributed by atoms with Gasteiger partial charge in [0.15, 0.2) is 0 Å². The minimum Gasteiger partial charge on any atom is -0.326 e. The summed E-state index contributed by atoms with van der Waals surface area (Å²) in [5.74, 6) is 0. The van der Waals surface area contributed by atoms with Gasteiger partial charge in [-0.2, -0.15) is 0 Å². The SMILES string of the molecule is C=CSNc1cc(C)ccc1C. The van der Waals surface area contributed by atoms with Crippen molar-refractivity contribution in [2.45, 2.75) is 13.8 Å². The maximum atomic E-state index is 3.63. The fraction of sp³-hybridized carbons (Fsp3) is 0.200. The van der Waals surface area contributed by atoms with Gasteiger partial charge in [0.1, 0.15) is 0 Å². The van der Waals surface area contributed by atoms with E-state index in [0.29, 0.717) is 0 Å². The summed E-state index contributed by atoms with van der Waals surface area (Å²) in [4.78, 5) is 0. The predicted octanol–water partition coefficient (Wildman–Crippen LogP) is 3.51. The van der Waals surface area contributed by atoms with Crippen LogP contribution in [0.1, 0.15) is 11.1 Å². The second-order valence-electron chi connectivity index (χ2n) is 2.70. The van der Waals surface area contributed by atoms with Crippen molar-refractivity contribution < 1.29 is 0 Å². The summed E-state index contributed by atoms with van der Waals surface area (Å²) in [7, 11) is 0. The summed E-state index contributed by atoms with van der Waals surface area (Å²) in [5.41, 5.74) is 3.70. The van der Waals surface area contributed by atoms with Crippen molar-refractivity contribution in [1.82, 2.24) is 0 Å². The van der Waals surface area contributed by atoms with Crippen molar-refractivity contribution in [2.75, 3.05) is 4.72 Å². The number of rotatable bonds is 3. The van der Waals surface area contributed by atoms with E-state index in [1.165, 1.54) is 28.8 Å². The first-order chi connectivity index (χ1) is 5.74. The van der Waals surface area contributed by atoms with Crippen LogP contribution in [0.4, 0.5) is 5.69 Å². The van der Waals surface area contributed by atoms with Gasteiger partial charge in [0, 0.05) is 5.69 Å². The van der Waals surface area contributed by atoms with E-state index in [9.17, 15) is 0 Å². The monoisotopic (exact) mass is 179 g/mol. The van der Waals surface area contributed by atoms with Gasteiger partial charge in [-0.05, 0) is 48.4 Å². The van der Waals surface area contributed by atoms with Crippen LogP contribution < -0.4 is 4.72 Å². The van der Waals surface area contributed by atoms with E-state index in [4.69, 9.17) is 0 Å². The minimum atomic E-state index is 1.17. The molecule has 0 aliphatic carbocycles. The van der Waals surface area contributed by atoms with E-state index in [-0.39, 0.29) is 0 Å². The van der Waals surface area contributed by atoms with Crippen LogP contribution in [0.5, 0.6) is 0 Å². The fourth-order valence-corrected chi connectivity index (χ4v) is 1.38. The lowest BCUT2D eigenvalue weighted by molar-refractivity contribution is 1.40. The lowest BCUT2D eigenvalue weighted by Gasteiger charge is -2.06. The largest absolute Gasteiger partial charge is 0.326 e. The van der Waals surface area contributed by atoms with Crippen molar-refractivity contribution in [3.8, 4) is 0 Å². The molecule has 0 atom stereocenters. The topological polar surface area (TPSA) is 12.0 Å². The Morgan fingerprint density at radius 3 is 2.83 bits per heavy atom. The smallest absolute Gasteiger partial charge is 0.0474 e. The first kappa shape index (κ1) is 9.20. The Labute approximate surface area is 78.0 Å². The second-order valence-corrected chi connectivity index (χ2v) is 3.48. The van der Waals surface area contributed by atoms with E-state index in [1.807, 2.05) is 0 Å². The Balaban J connectivity index is 2.82. The molecule has 2 heteroatoms. The van der Waals surface area contributed by atoms with Crippen LogP contribution in [-0.4, -0.2) is 0 Å². The quantitative estimate of drug-likeness (QED) is 0.713. The molecule has 1 aromatic rings. The zero-order valence-electron chi connectivity index (χ0n) is 7.42. The minimum absolute atomic E-state index is 1.17. The molecule has 0 aliphatic heterocycles. The van der Waals surface area contributed by atoms with Gasteiger partial charge in [0.05, 0.1) is 0 Å². The molecule has 1 rings (SSSR count). The molecule has 0 amide bonds. The third kappa shape index (κ3) is 2.31. The van der Waals surface area contributed by atoms with Gasteiger partial charge >= 0.3 is 0 Å². The van der Waals surface area contributed by atoms with Gasteiger partial charge in [0.2, 0.25) is 0 Å². The summed E-state index contributed by atoms with van der Waals surface area (Å²) in [5, 5.41) is 1.78. The molecule has 0 fully saturated rings. The summed E-state index contributed by atoms with van der Waals surface area (Å²) >= 11 is 1.50. The van der Waals surface area contributed by atoms with Crippen LogP contribution in [0.25, 0.3) is 0 Å². The molecular formula is C10H13NS. The molecule has 1 aromatic carbocycles. The Hall–Kier alpha value is -0.890. The molecule has 0 saturated carbocycles. The number of anilines is 1. The van der Waals surface area contributed by atoms with Crippen molar-refractivity contribution >= 4 is 17.6 Å². The molecule has 0 saturated heterocycles. The van der Waals surface area contributed by atoms with E-state index in [1.54, 1.807) is 5.41 Å². The second kappa shape index (κ2) is 4.21. The molecule has 0 aromatic heterocycles. The van der Waals surface area contributed by atoms with Crippen molar-refractivity contribution in [2.24, 2.45) is 0 Å². The average Bonchev–Trinajstić information content (AvgIpc) is 2.07. The highest BCUT2D eigenvalue weighted by molar-refractivity contribution is 8.03. The van der Waals surface area contributed by atoms with Crippen LogP contribution in [0.3, 0.4) is 0 Å². The first-order valence-electron chi connectivity index (χ1n) is 3.84. The third-order valence-electron chi connectivity index (χ3n) is 1.65. The Kier molecular flexibility index (Phi) is 3.23. The maximum Gasteiger partial charge on any atom is 0.0474 e. The molecule has 0 unspecified atom stereocenters. The van der Waals surface area contributed by atoms with Crippen molar-refractivity contribution in [3.05, 3.63) is 41.3 Å². The summed E-state index contributed by atoms with van der Waals surface area (Å²) < 4.78 is 3.20. The zero-order chi connectivity index (χ0) is 8.97. The fourth-order valence-electron chi connectivity index (χ4n) is 0.951. The Morgan fingerprint density at radius 1 is 1.42 bits per heavy atom. The lowest BCUT2D eigenvalue weighted by Crippen LogP contribution is -1.88. The standard InChI is InChI=1S/C10H13NS/c1-4-12-11-10-7-8(2)5-6-9(10)3/h4-7,11H,1H2,2-3H3. The number of benzene rings is 1. The Bertz CT molecular complexity index is 281. The number of nitrogens with one attached hydrogen (secondary N) is 1. The number of aryl methyl sites for hydroxylation is 2. The molecule has 12 heavy (non-hydrogen) atoms. The molecule has 1 N–H and O–H groups in total. The zero-order valence-corrected chi connectivity index (χ0v) is 8.24. The molecule has 0 spiro atoms. The van der Waals surface area contributed by atoms with E-state index < -0.39 is 0 Å². The molecule has 1 nitrogen and oxygen atoms in total. The molecule has 0 heterocycles. The summed E-state index contributed by atoms with van der Waals surface area (Å²) in [6, 6.07) is 6.35. The van der Waals surface area contributed by atoms with Crippen LogP contribution in [0.2, 0.25) is 0 Å². The van der Waals surface area contributed by atoms with Crippen molar-refractivity contribution in [3.63, 3.8) is 0 Å². The normalized spacial score (nSPS) is 9.50. The van der Waals surface area contributed by atoms with E-state index >= 15 is 0 Å². The van der Waals surface area contributed by atoms with Gasteiger partial charge in [-0.1, -0.05) is 18.7 Å². The maximum absolute atomic E-state index is 3.63. The lowest BCUT2D eigenvalue weighted by atomic mass is 10.1. The number of hydrogen-bond donors (Lipinski definition) is 1. The highest BCUT2D eigenvalue weighted by Crippen LogP contribution is 2.19. The molecule has 0 radical (unpaired) electrons. The highest BCUT2D eigenvalue weighted by atomic mass is 32.2. The third-order valence-corrected chi connectivity index (χ3v) is 2.15. The van der Waals surface area contributed by atoms with Crippen LogP contribution in [0.15, 0.2) is 30.2 Å². The Morgan fingerprint density at radius 2 is 2.17 bits per heavy atom. The van der Waals surface area contributed by atoms with Crippen molar-refractivity contribution in [1.29, 1.82) is 0 Å². The van der Waals surface area contributed by atoms with E-state index in [2.05, 4.69) is 43.3 Å². The average molecular weight is 179 g/mol. The summed E-state index contributed by atoms with van der Waals surface area (Å²) in [6.07, 6.45) is 0. The van der Waals surface area contributed by atoms with Gasteiger partial charge in [-0.25, -0.2) is 0 Å². The van der Waals surface area contributed by atoms with E-state index in [0.717, 1.165) is 0 Å². The molecule has 0 aliphatic rings. The molecular weight excluding hydrogens is 166 g/mol. The van der Waals surface area contributed by atoms with Gasteiger partial charge in [0.25, 0.3) is 0 Å². The van der Waals surface area contributed by atoms with Crippen LogP contribution in [-0.2, 0) is 0 Å². The van der Waals surface area contributed by atoms with Crippen LogP contribution in [0, 0.1) is 13.8 Å². The molecule has 64 valence electrons. The molecule has 0 bridgehead atoms. The first-order valence-corrected chi connectivity index (χ1v) is 4.72. The predicted molar refractivity (Wildman–Crippen MR) is 57.3 cm³/mol. The van der Waals surface area contributed by atoms with Gasteiger partial charge in [-0.3, -0.25) is 0 Å².